The van der Waals surface area contributed by atoms with Crippen molar-refractivity contribution in [3.05, 3.63) is 36.4 Å². The SMILES string of the molecule is Cc1ccnc(OCC[C@H]2CO[C@H]3CN(c4ncccn4)C[C@@H]23)n1. The Kier molecular flexibility index (Phi) is 4.25. The van der Waals surface area contributed by atoms with Crippen molar-refractivity contribution in [3.63, 3.8) is 0 Å². The maximum absolute atomic E-state index is 5.98. The van der Waals surface area contributed by atoms with Crippen molar-refractivity contribution in [1.29, 1.82) is 0 Å². The Morgan fingerprint density at radius 1 is 1.21 bits per heavy atom. The summed E-state index contributed by atoms with van der Waals surface area (Å²) in [7, 11) is 0. The summed E-state index contributed by atoms with van der Waals surface area (Å²) in [5, 5.41) is 0. The van der Waals surface area contributed by atoms with Gasteiger partial charge in [-0.2, -0.15) is 0 Å². The lowest BCUT2D eigenvalue weighted by atomic mass is 9.91. The lowest BCUT2D eigenvalue weighted by molar-refractivity contribution is 0.110. The van der Waals surface area contributed by atoms with Gasteiger partial charge in [-0.1, -0.05) is 0 Å². The van der Waals surface area contributed by atoms with Crippen molar-refractivity contribution in [2.45, 2.75) is 19.4 Å². The van der Waals surface area contributed by atoms with Gasteiger partial charge >= 0.3 is 6.01 Å². The second-order valence-corrected chi connectivity index (χ2v) is 6.37. The maximum Gasteiger partial charge on any atom is 0.316 e. The smallest absolute Gasteiger partial charge is 0.316 e. The molecule has 2 aliphatic heterocycles. The van der Waals surface area contributed by atoms with Crippen LogP contribution >= 0.6 is 0 Å². The zero-order chi connectivity index (χ0) is 16.4. The number of ether oxygens (including phenoxy) is 2. The van der Waals surface area contributed by atoms with Gasteiger partial charge in [-0.25, -0.2) is 19.9 Å². The summed E-state index contributed by atoms with van der Waals surface area (Å²) in [4.78, 5) is 19.3. The molecule has 4 rings (SSSR count). The Labute approximate surface area is 141 Å². The third-order valence-corrected chi connectivity index (χ3v) is 4.77. The molecule has 2 saturated heterocycles. The van der Waals surface area contributed by atoms with E-state index < -0.39 is 0 Å². The minimum Gasteiger partial charge on any atom is -0.463 e. The van der Waals surface area contributed by atoms with E-state index in [4.69, 9.17) is 9.47 Å². The fourth-order valence-electron chi connectivity index (χ4n) is 3.51. The number of aromatic nitrogens is 4. The molecule has 2 aliphatic rings. The molecule has 24 heavy (non-hydrogen) atoms. The molecule has 126 valence electrons. The molecule has 0 N–H and O–H groups in total. The van der Waals surface area contributed by atoms with Crippen LogP contribution in [0, 0.1) is 18.8 Å². The van der Waals surface area contributed by atoms with Crippen LogP contribution in [0.15, 0.2) is 30.7 Å². The molecule has 7 nitrogen and oxygen atoms in total. The third kappa shape index (κ3) is 3.17. The van der Waals surface area contributed by atoms with Gasteiger partial charge in [-0.3, -0.25) is 0 Å². The van der Waals surface area contributed by atoms with Gasteiger partial charge < -0.3 is 14.4 Å². The Bertz CT molecular complexity index is 684. The van der Waals surface area contributed by atoms with Crippen LogP contribution in [0.25, 0.3) is 0 Å². The van der Waals surface area contributed by atoms with Crippen LogP contribution in [-0.4, -0.2) is 52.3 Å². The Morgan fingerprint density at radius 3 is 2.92 bits per heavy atom. The summed E-state index contributed by atoms with van der Waals surface area (Å²) in [6.45, 7) is 5.16. The van der Waals surface area contributed by atoms with E-state index in [2.05, 4.69) is 24.8 Å². The van der Waals surface area contributed by atoms with Gasteiger partial charge in [0.2, 0.25) is 5.95 Å². The number of anilines is 1. The van der Waals surface area contributed by atoms with Crippen molar-refractivity contribution in [1.82, 2.24) is 19.9 Å². The fraction of sp³-hybridized carbons (Fsp3) is 0.529. The first-order valence-electron chi connectivity index (χ1n) is 8.35. The second kappa shape index (κ2) is 6.68. The molecule has 0 aliphatic carbocycles. The molecule has 0 aromatic carbocycles. The van der Waals surface area contributed by atoms with E-state index in [-0.39, 0.29) is 6.10 Å². The molecular weight excluding hydrogens is 306 g/mol. The van der Waals surface area contributed by atoms with Crippen molar-refractivity contribution in [3.8, 4) is 6.01 Å². The highest BCUT2D eigenvalue weighted by atomic mass is 16.5. The molecule has 0 unspecified atom stereocenters. The van der Waals surface area contributed by atoms with Crippen molar-refractivity contribution in [2.24, 2.45) is 11.8 Å². The first-order valence-corrected chi connectivity index (χ1v) is 8.35. The van der Waals surface area contributed by atoms with Crippen LogP contribution in [0.4, 0.5) is 5.95 Å². The van der Waals surface area contributed by atoms with Gasteiger partial charge in [0, 0.05) is 43.3 Å². The van der Waals surface area contributed by atoms with Gasteiger partial charge in [0.15, 0.2) is 0 Å². The Balaban J connectivity index is 1.31. The molecule has 0 radical (unpaired) electrons. The number of hydrogen-bond donors (Lipinski definition) is 0. The Morgan fingerprint density at radius 2 is 2.08 bits per heavy atom. The lowest BCUT2D eigenvalue weighted by Crippen LogP contribution is -2.26. The molecule has 0 saturated carbocycles. The van der Waals surface area contributed by atoms with E-state index in [9.17, 15) is 0 Å². The molecular formula is C17H21N5O2. The van der Waals surface area contributed by atoms with Gasteiger partial charge in [-0.05, 0) is 31.4 Å². The first kappa shape index (κ1) is 15.3. The summed E-state index contributed by atoms with van der Waals surface area (Å²) in [5.41, 5.74) is 0.915. The van der Waals surface area contributed by atoms with Gasteiger partial charge in [0.25, 0.3) is 0 Å². The van der Waals surface area contributed by atoms with E-state index in [0.717, 1.165) is 37.8 Å². The van der Waals surface area contributed by atoms with E-state index >= 15 is 0 Å². The van der Waals surface area contributed by atoms with Crippen molar-refractivity contribution >= 4 is 5.95 Å². The Hall–Kier alpha value is -2.28. The molecule has 7 heteroatoms. The van der Waals surface area contributed by atoms with Crippen molar-refractivity contribution in [2.75, 3.05) is 31.2 Å². The minimum absolute atomic E-state index is 0.272. The monoisotopic (exact) mass is 327 g/mol. The largest absolute Gasteiger partial charge is 0.463 e. The van der Waals surface area contributed by atoms with Crippen LogP contribution in [-0.2, 0) is 4.74 Å². The van der Waals surface area contributed by atoms with Crippen LogP contribution in [0.5, 0.6) is 6.01 Å². The normalized spacial score (nSPS) is 25.7. The van der Waals surface area contributed by atoms with Crippen LogP contribution in [0.3, 0.4) is 0 Å². The average molecular weight is 327 g/mol. The number of aryl methyl sites for hydroxylation is 1. The van der Waals surface area contributed by atoms with Crippen molar-refractivity contribution < 1.29 is 9.47 Å². The summed E-state index contributed by atoms with van der Waals surface area (Å²) < 4.78 is 11.7. The predicted molar refractivity (Wildman–Crippen MR) is 87.8 cm³/mol. The number of nitrogens with zero attached hydrogens (tertiary/aromatic N) is 5. The quantitative estimate of drug-likeness (QED) is 0.824. The van der Waals surface area contributed by atoms with E-state index in [1.807, 2.05) is 19.1 Å². The number of hydrogen-bond acceptors (Lipinski definition) is 7. The maximum atomic E-state index is 5.98. The standard InChI is InChI=1S/C17H21N5O2/c1-12-3-7-20-17(21-12)23-8-4-13-11-24-15-10-22(9-14(13)15)16-18-5-2-6-19-16/h2-3,5-7,13-15H,4,8-11H2,1H3/t13-,14-,15-/m0/s1. The minimum atomic E-state index is 0.272. The summed E-state index contributed by atoms with van der Waals surface area (Å²) in [5.74, 6) is 1.79. The van der Waals surface area contributed by atoms with Gasteiger partial charge in [0.05, 0.1) is 19.3 Å². The first-order chi connectivity index (χ1) is 11.8. The molecule has 2 fully saturated rings. The van der Waals surface area contributed by atoms with Gasteiger partial charge in [0.1, 0.15) is 0 Å². The highest BCUT2D eigenvalue weighted by Gasteiger charge is 2.44. The average Bonchev–Trinajstić information content (AvgIpc) is 3.17. The zero-order valence-corrected chi connectivity index (χ0v) is 13.7. The van der Waals surface area contributed by atoms with Crippen LogP contribution in [0.2, 0.25) is 0 Å². The molecule has 2 aromatic rings. The summed E-state index contributed by atoms with van der Waals surface area (Å²) >= 11 is 0. The number of rotatable bonds is 5. The van der Waals surface area contributed by atoms with E-state index in [1.54, 1.807) is 18.6 Å². The molecule has 4 heterocycles. The highest BCUT2D eigenvalue weighted by molar-refractivity contribution is 5.32. The summed E-state index contributed by atoms with van der Waals surface area (Å²) in [6.07, 6.45) is 6.51. The second-order valence-electron chi connectivity index (χ2n) is 6.37. The third-order valence-electron chi connectivity index (χ3n) is 4.77. The molecule has 0 amide bonds. The number of fused-ring (bicyclic) bond motifs is 1. The van der Waals surface area contributed by atoms with E-state index in [1.165, 1.54) is 0 Å². The molecule has 2 aromatic heterocycles. The topological polar surface area (TPSA) is 73.3 Å². The lowest BCUT2D eigenvalue weighted by Gasteiger charge is -2.19. The molecule has 3 atom stereocenters. The molecule has 0 bridgehead atoms. The van der Waals surface area contributed by atoms with Crippen LogP contribution < -0.4 is 9.64 Å². The zero-order valence-electron chi connectivity index (χ0n) is 13.7. The summed E-state index contributed by atoms with van der Waals surface area (Å²) in [6, 6.07) is 4.15. The fourth-order valence-corrected chi connectivity index (χ4v) is 3.51. The van der Waals surface area contributed by atoms with Gasteiger partial charge in [-0.15, -0.1) is 0 Å². The predicted octanol–water partition coefficient (Wildman–Crippen LogP) is 1.50. The van der Waals surface area contributed by atoms with Crippen LogP contribution in [0.1, 0.15) is 12.1 Å². The van der Waals surface area contributed by atoms with E-state index in [0.29, 0.717) is 24.5 Å². The highest BCUT2D eigenvalue weighted by Crippen LogP contribution is 2.36. The molecule has 0 spiro atoms.